The van der Waals surface area contributed by atoms with Gasteiger partial charge in [0.2, 0.25) is 0 Å². The minimum atomic E-state index is -0.515. The number of nitrogens with one attached hydrogen (secondary N) is 1. The summed E-state index contributed by atoms with van der Waals surface area (Å²) in [5, 5.41) is 4.02. The quantitative estimate of drug-likeness (QED) is 0.0920. The van der Waals surface area contributed by atoms with Gasteiger partial charge in [-0.25, -0.2) is 10.2 Å². The second kappa shape index (κ2) is 15.0. The molecule has 0 heterocycles. The molecular weight excluding hydrogens is 484 g/mol. The fraction of sp³-hybridized carbons (Fsp3) is 0.300. The Bertz CT molecular complexity index is 1210. The van der Waals surface area contributed by atoms with Crippen molar-refractivity contribution in [1.82, 2.24) is 5.43 Å². The Balaban J connectivity index is 1.55. The van der Waals surface area contributed by atoms with E-state index in [9.17, 15) is 9.59 Å². The van der Waals surface area contributed by atoms with Crippen molar-refractivity contribution < 1.29 is 28.5 Å². The van der Waals surface area contributed by atoms with Gasteiger partial charge in [-0.05, 0) is 85.1 Å². The highest BCUT2D eigenvalue weighted by Crippen LogP contribution is 2.28. The number of hydrogen-bond acceptors (Lipinski definition) is 7. The Morgan fingerprint density at radius 2 is 1.37 bits per heavy atom. The lowest BCUT2D eigenvalue weighted by Gasteiger charge is -2.10. The van der Waals surface area contributed by atoms with Gasteiger partial charge in [-0.1, -0.05) is 26.7 Å². The maximum Gasteiger partial charge on any atom is 0.343 e. The topological polar surface area (TPSA) is 95.5 Å². The van der Waals surface area contributed by atoms with Crippen LogP contribution in [0.4, 0.5) is 0 Å². The van der Waals surface area contributed by atoms with E-state index in [1.165, 1.54) is 13.3 Å². The Morgan fingerprint density at radius 1 is 0.789 bits per heavy atom. The minimum absolute atomic E-state index is 0.267. The van der Waals surface area contributed by atoms with Crippen LogP contribution in [0.2, 0.25) is 0 Å². The summed E-state index contributed by atoms with van der Waals surface area (Å²) in [4.78, 5) is 25.0. The van der Waals surface area contributed by atoms with E-state index in [0.717, 1.165) is 31.4 Å². The fourth-order valence-electron chi connectivity index (χ4n) is 3.30. The van der Waals surface area contributed by atoms with Crippen molar-refractivity contribution in [2.45, 2.75) is 39.5 Å². The lowest BCUT2D eigenvalue weighted by atomic mass is 10.2. The van der Waals surface area contributed by atoms with Crippen LogP contribution < -0.4 is 24.4 Å². The molecule has 0 unspecified atom stereocenters. The van der Waals surface area contributed by atoms with Crippen molar-refractivity contribution in [3.63, 3.8) is 0 Å². The van der Waals surface area contributed by atoms with E-state index >= 15 is 0 Å². The fourth-order valence-corrected chi connectivity index (χ4v) is 3.30. The standard InChI is InChI=1S/C30H34N2O6/c1-4-6-18-36-25-13-9-23(10-14-25)29(33)32-31-21-22-8-17-27(28(20-22)35-3)38-30(34)24-11-15-26(16-12-24)37-19-7-5-2/h8-17,20-21H,4-7,18-19H2,1-3H3,(H,32,33)/b31-21+. The van der Waals surface area contributed by atoms with Gasteiger partial charge >= 0.3 is 5.97 Å². The van der Waals surface area contributed by atoms with Crippen molar-refractivity contribution >= 4 is 18.1 Å². The number of esters is 1. The first-order valence-electron chi connectivity index (χ1n) is 12.7. The Hall–Kier alpha value is -4.33. The molecule has 38 heavy (non-hydrogen) atoms. The molecule has 0 aliphatic heterocycles. The van der Waals surface area contributed by atoms with Crippen LogP contribution in [-0.2, 0) is 0 Å². The molecule has 0 aliphatic rings. The van der Waals surface area contributed by atoms with Gasteiger partial charge in [-0.15, -0.1) is 0 Å². The molecule has 1 amide bonds. The van der Waals surface area contributed by atoms with E-state index in [2.05, 4.69) is 24.4 Å². The number of hydrazone groups is 1. The summed E-state index contributed by atoms with van der Waals surface area (Å²) >= 11 is 0. The predicted octanol–water partition coefficient (Wildman–Crippen LogP) is 6.04. The van der Waals surface area contributed by atoms with Gasteiger partial charge in [-0.2, -0.15) is 5.10 Å². The van der Waals surface area contributed by atoms with Crippen LogP contribution in [0.5, 0.6) is 23.0 Å². The van der Waals surface area contributed by atoms with E-state index in [1.54, 1.807) is 66.7 Å². The lowest BCUT2D eigenvalue weighted by molar-refractivity contribution is 0.0729. The number of carbonyl (C=O) groups is 2. The molecule has 0 saturated carbocycles. The number of amides is 1. The van der Waals surface area contributed by atoms with Gasteiger partial charge in [0.25, 0.3) is 5.91 Å². The molecule has 8 nitrogen and oxygen atoms in total. The smallest absolute Gasteiger partial charge is 0.343 e. The third-order valence-corrected chi connectivity index (χ3v) is 5.51. The van der Waals surface area contributed by atoms with E-state index < -0.39 is 5.97 Å². The normalized spacial score (nSPS) is 10.7. The molecule has 0 saturated heterocycles. The van der Waals surface area contributed by atoms with Crippen molar-refractivity contribution in [1.29, 1.82) is 0 Å². The second-order valence-electron chi connectivity index (χ2n) is 8.45. The summed E-state index contributed by atoms with van der Waals surface area (Å²) in [6, 6.07) is 18.7. The monoisotopic (exact) mass is 518 g/mol. The highest BCUT2D eigenvalue weighted by molar-refractivity contribution is 5.95. The maximum atomic E-state index is 12.6. The summed E-state index contributed by atoms with van der Waals surface area (Å²) in [5.74, 6) is 1.19. The zero-order valence-electron chi connectivity index (χ0n) is 22.1. The number of ether oxygens (including phenoxy) is 4. The summed E-state index contributed by atoms with van der Waals surface area (Å²) in [6.07, 6.45) is 5.54. The highest BCUT2D eigenvalue weighted by atomic mass is 16.6. The molecule has 0 fully saturated rings. The molecule has 3 rings (SSSR count). The first kappa shape index (κ1) is 28.2. The SMILES string of the molecule is CCCCOc1ccc(C(=O)N/N=C/c2ccc(OC(=O)c3ccc(OCCCC)cc3)c(OC)c2)cc1. The van der Waals surface area contributed by atoms with Gasteiger partial charge in [-0.3, -0.25) is 4.79 Å². The van der Waals surface area contributed by atoms with Crippen LogP contribution in [-0.4, -0.2) is 38.4 Å². The summed E-state index contributed by atoms with van der Waals surface area (Å²) in [7, 11) is 1.48. The van der Waals surface area contributed by atoms with Gasteiger partial charge in [0.05, 0.1) is 32.1 Å². The van der Waals surface area contributed by atoms with Crippen LogP contribution >= 0.6 is 0 Å². The Labute approximate surface area is 223 Å². The first-order valence-corrected chi connectivity index (χ1v) is 12.7. The molecule has 0 aliphatic carbocycles. The van der Waals surface area contributed by atoms with E-state index in [4.69, 9.17) is 18.9 Å². The van der Waals surface area contributed by atoms with Crippen LogP contribution in [0, 0.1) is 0 Å². The second-order valence-corrected chi connectivity index (χ2v) is 8.45. The van der Waals surface area contributed by atoms with Crippen molar-refractivity contribution in [3.8, 4) is 23.0 Å². The van der Waals surface area contributed by atoms with Gasteiger partial charge < -0.3 is 18.9 Å². The highest BCUT2D eigenvalue weighted by Gasteiger charge is 2.13. The van der Waals surface area contributed by atoms with E-state index in [1.807, 2.05) is 0 Å². The largest absolute Gasteiger partial charge is 0.494 e. The zero-order chi connectivity index (χ0) is 27.2. The molecule has 0 atom stereocenters. The number of rotatable bonds is 14. The molecule has 0 bridgehead atoms. The molecule has 0 aromatic heterocycles. The average Bonchev–Trinajstić information content (AvgIpc) is 2.94. The lowest BCUT2D eigenvalue weighted by Crippen LogP contribution is -2.17. The van der Waals surface area contributed by atoms with Gasteiger partial charge in [0, 0.05) is 5.56 Å². The minimum Gasteiger partial charge on any atom is -0.494 e. The molecule has 3 aromatic carbocycles. The van der Waals surface area contributed by atoms with Crippen LogP contribution in [0.3, 0.4) is 0 Å². The first-order chi connectivity index (χ1) is 18.5. The molecule has 3 aromatic rings. The summed E-state index contributed by atoms with van der Waals surface area (Å²) in [6.45, 7) is 5.48. The van der Waals surface area contributed by atoms with Crippen LogP contribution in [0.1, 0.15) is 65.8 Å². The van der Waals surface area contributed by atoms with Crippen LogP contribution in [0.15, 0.2) is 71.8 Å². The Kier molecular flexibility index (Phi) is 11.2. The number of nitrogens with zero attached hydrogens (tertiary/aromatic N) is 1. The van der Waals surface area contributed by atoms with Crippen molar-refractivity contribution in [2.24, 2.45) is 5.10 Å². The number of benzene rings is 3. The average molecular weight is 519 g/mol. The Morgan fingerprint density at radius 3 is 1.92 bits per heavy atom. The predicted molar refractivity (Wildman–Crippen MR) is 147 cm³/mol. The third-order valence-electron chi connectivity index (χ3n) is 5.51. The summed E-state index contributed by atoms with van der Waals surface area (Å²) in [5.41, 5.74) is 4.00. The third kappa shape index (κ3) is 8.65. The molecular formula is C30H34N2O6. The molecule has 8 heteroatoms. The summed E-state index contributed by atoms with van der Waals surface area (Å²) < 4.78 is 22.1. The molecule has 0 radical (unpaired) electrons. The van der Waals surface area contributed by atoms with E-state index in [-0.39, 0.29) is 11.7 Å². The number of carbonyl (C=O) groups excluding carboxylic acids is 2. The maximum absolute atomic E-state index is 12.6. The van der Waals surface area contributed by atoms with Gasteiger partial charge in [0.15, 0.2) is 11.5 Å². The number of unbranched alkanes of at least 4 members (excludes halogenated alkanes) is 2. The van der Waals surface area contributed by atoms with Crippen LogP contribution in [0.25, 0.3) is 0 Å². The van der Waals surface area contributed by atoms with Crippen molar-refractivity contribution in [3.05, 3.63) is 83.4 Å². The molecule has 1 N–H and O–H groups in total. The molecule has 200 valence electrons. The molecule has 0 spiro atoms. The number of methoxy groups -OCH3 is 1. The zero-order valence-corrected chi connectivity index (χ0v) is 22.1. The van der Waals surface area contributed by atoms with Crippen molar-refractivity contribution in [2.75, 3.05) is 20.3 Å². The van der Waals surface area contributed by atoms with E-state index in [0.29, 0.717) is 41.4 Å². The number of hydrogen-bond donors (Lipinski definition) is 1. The van der Waals surface area contributed by atoms with Gasteiger partial charge in [0.1, 0.15) is 11.5 Å².